The first-order valence-corrected chi connectivity index (χ1v) is 12.2. The highest BCUT2D eigenvalue weighted by molar-refractivity contribution is 5.91. The van der Waals surface area contributed by atoms with Gasteiger partial charge in [-0.2, -0.15) is 0 Å². The van der Waals surface area contributed by atoms with Crippen molar-refractivity contribution in [1.82, 2.24) is 0 Å². The van der Waals surface area contributed by atoms with E-state index < -0.39 is 88.5 Å². The highest BCUT2D eigenvalue weighted by atomic mass is 16.6. The van der Waals surface area contributed by atoms with E-state index in [1.165, 1.54) is 6.92 Å². The lowest BCUT2D eigenvalue weighted by atomic mass is 9.35. The van der Waals surface area contributed by atoms with Crippen molar-refractivity contribution in [2.24, 2.45) is 28.6 Å². The van der Waals surface area contributed by atoms with Gasteiger partial charge in [0.1, 0.15) is 35.6 Å². The molecular weight excluding hydrogens is 460 g/mol. The summed E-state index contributed by atoms with van der Waals surface area (Å²) in [5.74, 6) is -4.28. The molecule has 0 unspecified atom stereocenters. The van der Waals surface area contributed by atoms with Crippen LogP contribution in [0, 0.1) is 28.6 Å². The van der Waals surface area contributed by atoms with Crippen LogP contribution in [0.1, 0.15) is 47.5 Å². The zero-order chi connectivity index (χ0) is 25.9. The summed E-state index contributed by atoms with van der Waals surface area (Å²) in [6.45, 7) is 7.83. The Morgan fingerprint density at radius 3 is 2.49 bits per heavy atom. The van der Waals surface area contributed by atoms with Gasteiger partial charge in [-0.25, -0.2) is 4.79 Å². The molecule has 0 amide bonds. The van der Waals surface area contributed by atoms with Gasteiger partial charge in [-0.05, 0) is 33.1 Å². The predicted molar refractivity (Wildman–Crippen MR) is 117 cm³/mol. The highest BCUT2D eigenvalue weighted by Gasteiger charge is 2.88. The molecule has 1 spiro atoms. The number of Topliss-reactive ketones (excluding diaryl/α,β-unsaturated/α-hetero) is 1. The van der Waals surface area contributed by atoms with Crippen molar-refractivity contribution < 1.29 is 49.0 Å². The summed E-state index contributed by atoms with van der Waals surface area (Å²) in [5.41, 5.74) is -6.55. The topological polar surface area (TPSA) is 160 Å². The highest BCUT2D eigenvalue weighted by Crippen LogP contribution is 2.73. The van der Waals surface area contributed by atoms with Crippen LogP contribution >= 0.6 is 0 Å². The largest absolute Gasteiger partial charge is 0.457 e. The molecule has 0 aromatic rings. The van der Waals surface area contributed by atoms with Crippen LogP contribution in [-0.2, 0) is 28.6 Å². The molecule has 2 heterocycles. The van der Waals surface area contributed by atoms with Gasteiger partial charge in [0.2, 0.25) is 0 Å². The Morgan fingerprint density at radius 1 is 1.20 bits per heavy atom. The standard InChI is InChI=1S/C25H34O10/c1-6-10(2)21(31)35-16-14-11(3)7-12(26)18(29)22(14,4)17-15(28)19(30)23(5)25(32)8-13(27)34-20(16)24(17,25)9-33-23/h6,11-12,14-17,19-20,26,28,30,32H,7-9H2,1-5H3/b10-6+/t11-,12+,14-,15-,16-,17-,19+,20-,22+,23-,24+,25-/m1/s1. The number of aliphatic hydroxyl groups is 4. The molecule has 0 radical (unpaired) electrons. The van der Waals surface area contributed by atoms with Gasteiger partial charge in [-0.3, -0.25) is 9.59 Å². The molecule has 5 rings (SSSR count). The Hall–Kier alpha value is -1.85. The molecular formula is C25H34O10. The molecule has 0 aromatic heterocycles. The Kier molecular flexibility index (Phi) is 5.21. The molecule has 2 bridgehead atoms. The van der Waals surface area contributed by atoms with Crippen molar-refractivity contribution >= 4 is 17.7 Å². The van der Waals surface area contributed by atoms with Crippen molar-refractivity contribution in [3.8, 4) is 0 Å². The predicted octanol–water partition coefficient (Wildman–Crippen LogP) is -0.356. The lowest BCUT2D eigenvalue weighted by Gasteiger charge is -2.70. The third-order valence-electron chi connectivity index (χ3n) is 10.2. The number of fused-ring (bicyclic) bond motifs is 2. The zero-order valence-electron chi connectivity index (χ0n) is 20.6. The van der Waals surface area contributed by atoms with Crippen molar-refractivity contribution in [2.75, 3.05) is 6.61 Å². The second kappa shape index (κ2) is 7.35. The van der Waals surface area contributed by atoms with Crippen LogP contribution in [0.2, 0.25) is 0 Å². The van der Waals surface area contributed by atoms with Gasteiger partial charge in [0, 0.05) is 22.8 Å². The van der Waals surface area contributed by atoms with E-state index in [-0.39, 0.29) is 18.9 Å². The van der Waals surface area contributed by atoms with E-state index in [9.17, 15) is 34.8 Å². The Balaban J connectivity index is 1.80. The third kappa shape index (κ3) is 2.59. The summed E-state index contributed by atoms with van der Waals surface area (Å²) in [6.07, 6.45) is -5.76. The summed E-state index contributed by atoms with van der Waals surface area (Å²) in [5, 5.41) is 45.7. The molecule has 5 aliphatic rings. The van der Waals surface area contributed by atoms with E-state index in [0.717, 1.165) is 0 Å². The van der Waals surface area contributed by atoms with E-state index in [2.05, 4.69) is 0 Å². The second-order valence-electron chi connectivity index (χ2n) is 11.5. The van der Waals surface area contributed by atoms with E-state index in [1.54, 1.807) is 33.8 Å². The number of allylic oxidation sites excluding steroid dienone is 1. The fraction of sp³-hybridized carbons (Fsp3) is 0.800. The fourth-order valence-corrected chi connectivity index (χ4v) is 8.45. The summed E-state index contributed by atoms with van der Waals surface area (Å²) in [6, 6.07) is 0. The minimum absolute atomic E-state index is 0.0905. The monoisotopic (exact) mass is 494 g/mol. The summed E-state index contributed by atoms with van der Waals surface area (Å²) < 4.78 is 17.8. The molecule has 4 N–H and O–H groups in total. The second-order valence-corrected chi connectivity index (χ2v) is 11.5. The molecule has 2 aliphatic heterocycles. The molecule has 12 atom stereocenters. The smallest absolute Gasteiger partial charge is 0.333 e. The number of ether oxygens (including phenoxy) is 3. The lowest BCUT2D eigenvalue weighted by molar-refractivity contribution is -0.344. The molecule has 0 aromatic carbocycles. The van der Waals surface area contributed by atoms with E-state index in [0.29, 0.717) is 5.57 Å². The molecule has 10 nitrogen and oxygen atoms in total. The van der Waals surface area contributed by atoms with E-state index >= 15 is 0 Å². The quantitative estimate of drug-likeness (QED) is 0.295. The van der Waals surface area contributed by atoms with Gasteiger partial charge < -0.3 is 34.6 Å². The number of hydrogen-bond donors (Lipinski definition) is 4. The van der Waals surface area contributed by atoms with Crippen molar-refractivity contribution in [1.29, 1.82) is 0 Å². The molecule has 35 heavy (non-hydrogen) atoms. The van der Waals surface area contributed by atoms with Gasteiger partial charge in [-0.1, -0.05) is 19.9 Å². The van der Waals surface area contributed by atoms with Crippen LogP contribution in [-0.4, -0.2) is 86.5 Å². The van der Waals surface area contributed by atoms with Gasteiger partial charge >= 0.3 is 11.9 Å². The summed E-state index contributed by atoms with van der Waals surface area (Å²) in [7, 11) is 0. The summed E-state index contributed by atoms with van der Waals surface area (Å²) >= 11 is 0. The zero-order valence-corrected chi connectivity index (χ0v) is 20.6. The van der Waals surface area contributed by atoms with Gasteiger partial charge in [0.25, 0.3) is 0 Å². The number of hydrogen-bond acceptors (Lipinski definition) is 10. The fourth-order valence-electron chi connectivity index (χ4n) is 8.45. The Labute approximate surface area is 203 Å². The van der Waals surface area contributed by atoms with Crippen LogP contribution in [0.5, 0.6) is 0 Å². The average molecular weight is 495 g/mol. The minimum Gasteiger partial charge on any atom is -0.457 e. The Morgan fingerprint density at radius 2 is 1.86 bits per heavy atom. The number of rotatable bonds is 2. The van der Waals surface area contributed by atoms with Gasteiger partial charge in [-0.15, -0.1) is 0 Å². The van der Waals surface area contributed by atoms with Crippen LogP contribution in [0.4, 0.5) is 0 Å². The first-order valence-electron chi connectivity index (χ1n) is 12.2. The maximum absolute atomic E-state index is 13.8. The van der Waals surface area contributed by atoms with Crippen LogP contribution in [0.3, 0.4) is 0 Å². The summed E-state index contributed by atoms with van der Waals surface area (Å²) in [4.78, 5) is 39.6. The number of carbonyl (C=O) groups excluding carboxylic acids is 3. The Bertz CT molecular complexity index is 1020. The average Bonchev–Trinajstić information content (AvgIpc) is 2.97. The first kappa shape index (κ1) is 24.8. The third-order valence-corrected chi connectivity index (χ3v) is 10.2. The van der Waals surface area contributed by atoms with Crippen LogP contribution < -0.4 is 0 Å². The van der Waals surface area contributed by atoms with E-state index in [4.69, 9.17) is 14.2 Å². The molecule has 3 saturated carbocycles. The van der Waals surface area contributed by atoms with Crippen LogP contribution in [0.15, 0.2) is 11.6 Å². The van der Waals surface area contributed by atoms with E-state index in [1.807, 2.05) is 0 Å². The van der Waals surface area contributed by atoms with Crippen LogP contribution in [0.25, 0.3) is 0 Å². The van der Waals surface area contributed by atoms with Gasteiger partial charge in [0.05, 0.1) is 24.5 Å². The lowest BCUT2D eigenvalue weighted by Crippen LogP contribution is -2.85. The SMILES string of the molecule is C/C=C(\C)C(=O)O[C@@H]1[C@H]2[C@H](C)C[C@H](O)C(=O)[C@]2(C)[C@H]2[C@@H](O)[C@H](O)[C@@]3(C)OC[C@@]24[C@@H]1OC(=O)C[C@]43O. The molecule has 10 heteroatoms. The van der Waals surface area contributed by atoms with Gasteiger partial charge in [0.15, 0.2) is 5.78 Å². The molecule has 194 valence electrons. The minimum atomic E-state index is -2.02. The number of aliphatic hydroxyl groups excluding tert-OH is 3. The van der Waals surface area contributed by atoms with Crippen molar-refractivity contribution in [3.63, 3.8) is 0 Å². The maximum atomic E-state index is 13.8. The normalized spacial score (nSPS) is 55.1. The molecule has 2 saturated heterocycles. The number of esters is 2. The maximum Gasteiger partial charge on any atom is 0.333 e. The number of ketones is 1. The number of carbonyl (C=O) groups is 3. The molecule has 5 fully saturated rings. The van der Waals surface area contributed by atoms with Crippen molar-refractivity contribution in [3.05, 3.63) is 11.6 Å². The van der Waals surface area contributed by atoms with Crippen molar-refractivity contribution in [2.45, 2.75) is 89.2 Å². The first-order chi connectivity index (χ1) is 16.2. The molecule has 3 aliphatic carbocycles.